The van der Waals surface area contributed by atoms with Crippen LogP contribution in [-0.2, 0) is 14.4 Å². The first-order valence-electron chi connectivity index (χ1n) is 4.70. The van der Waals surface area contributed by atoms with Gasteiger partial charge in [-0.2, -0.15) is 0 Å². The van der Waals surface area contributed by atoms with Crippen molar-refractivity contribution in [3.8, 4) is 0 Å². The summed E-state index contributed by atoms with van der Waals surface area (Å²) in [6.45, 7) is 0.581. The number of aliphatic hydroxyl groups excluding tert-OH is 4. The molecule has 0 bridgehead atoms. The minimum atomic E-state index is -1.50. The topological polar surface area (TPSA) is 128 Å². The van der Waals surface area contributed by atoms with Crippen LogP contribution in [0.3, 0.4) is 0 Å². The molecule has 1 unspecified atom stereocenters. The number of aliphatic hydroxyl groups is 4. The molecule has 1 saturated heterocycles. The maximum absolute atomic E-state index is 10.5. The van der Waals surface area contributed by atoms with Gasteiger partial charge in [-0.3, -0.25) is 4.79 Å². The van der Waals surface area contributed by atoms with E-state index >= 15 is 0 Å². The standard InChI is InChI=1S/C8H15NO7/c1-3(11)16-9-5-7(13)6(12)4(2-10)15-8(5)14/h4-10,12-14H,2H2,1H3/t4-,5-,6-,7-,8?/m1/s1. The maximum Gasteiger partial charge on any atom is 0.321 e. The number of carbonyl (C=O) groups is 1. The average Bonchev–Trinajstić information content (AvgIpc) is 2.22. The number of hydrogen-bond donors (Lipinski definition) is 5. The minimum absolute atomic E-state index is 0.546. The lowest BCUT2D eigenvalue weighted by Crippen LogP contribution is -2.63. The maximum atomic E-state index is 10.5. The number of carbonyl (C=O) groups excluding carboxylic acids is 1. The van der Waals surface area contributed by atoms with E-state index in [0.717, 1.165) is 6.92 Å². The zero-order valence-electron chi connectivity index (χ0n) is 8.61. The Hall–Kier alpha value is -0.770. The van der Waals surface area contributed by atoms with Gasteiger partial charge in [0.1, 0.15) is 24.4 Å². The monoisotopic (exact) mass is 237 g/mol. The first-order chi connectivity index (χ1) is 7.47. The molecule has 0 amide bonds. The summed E-state index contributed by atoms with van der Waals surface area (Å²) >= 11 is 0. The lowest BCUT2D eigenvalue weighted by atomic mass is 9.98. The van der Waals surface area contributed by atoms with Gasteiger partial charge in [0.25, 0.3) is 0 Å². The van der Waals surface area contributed by atoms with Crippen LogP contribution in [0.5, 0.6) is 0 Å². The number of ether oxygens (including phenoxy) is 1. The molecule has 0 aromatic carbocycles. The third kappa shape index (κ3) is 2.88. The van der Waals surface area contributed by atoms with Gasteiger partial charge in [-0.1, -0.05) is 0 Å². The molecule has 1 heterocycles. The third-order valence-corrected chi connectivity index (χ3v) is 2.24. The van der Waals surface area contributed by atoms with Crippen LogP contribution >= 0.6 is 0 Å². The smallest absolute Gasteiger partial charge is 0.321 e. The molecule has 1 aliphatic heterocycles. The minimum Gasteiger partial charge on any atom is -0.394 e. The molecule has 16 heavy (non-hydrogen) atoms. The second-order valence-corrected chi connectivity index (χ2v) is 3.47. The van der Waals surface area contributed by atoms with Gasteiger partial charge in [-0.05, 0) is 0 Å². The molecule has 1 fully saturated rings. The molecule has 1 aliphatic rings. The van der Waals surface area contributed by atoms with Crippen molar-refractivity contribution >= 4 is 5.97 Å². The second-order valence-electron chi connectivity index (χ2n) is 3.47. The Morgan fingerprint density at radius 1 is 1.38 bits per heavy atom. The van der Waals surface area contributed by atoms with E-state index in [2.05, 4.69) is 10.3 Å². The van der Waals surface area contributed by atoms with Gasteiger partial charge in [-0.25, -0.2) is 0 Å². The van der Waals surface area contributed by atoms with Crippen LogP contribution in [0.4, 0.5) is 0 Å². The van der Waals surface area contributed by atoms with Crippen LogP contribution in [0.1, 0.15) is 6.92 Å². The first-order valence-corrected chi connectivity index (χ1v) is 4.70. The van der Waals surface area contributed by atoms with Gasteiger partial charge >= 0.3 is 5.97 Å². The Labute approximate surface area is 91.4 Å². The van der Waals surface area contributed by atoms with Gasteiger partial charge in [0.05, 0.1) is 6.61 Å². The average molecular weight is 237 g/mol. The Kier molecular flexibility index (Phi) is 4.59. The van der Waals surface area contributed by atoms with Gasteiger partial charge in [0.15, 0.2) is 6.29 Å². The number of rotatable bonds is 3. The van der Waals surface area contributed by atoms with E-state index in [0.29, 0.717) is 0 Å². The highest BCUT2D eigenvalue weighted by Gasteiger charge is 2.44. The van der Waals surface area contributed by atoms with E-state index in [1.54, 1.807) is 0 Å². The van der Waals surface area contributed by atoms with E-state index in [4.69, 9.17) is 9.84 Å². The van der Waals surface area contributed by atoms with Crippen molar-refractivity contribution in [3.05, 3.63) is 0 Å². The molecule has 0 aliphatic carbocycles. The molecule has 8 nitrogen and oxygen atoms in total. The number of hydroxylamine groups is 1. The molecular formula is C8H15NO7. The van der Waals surface area contributed by atoms with Crippen LogP contribution in [0.2, 0.25) is 0 Å². The van der Waals surface area contributed by atoms with Crippen LogP contribution < -0.4 is 5.48 Å². The fourth-order valence-corrected chi connectivity index (χ4v) is 1.38. The summed E-state index contributed by atoms with van der Waals surface area (Å²) in [6.07, 6.45) is -5.41. The lowest BCUT2D eigenvalue weighted by Gasteiger charge is -2.39. The molecule has 1 rings (SSSR count). The zero-order chi connectivity index (χ0) is 12.3. The van der Waals surface area contributed by atoms with Crippen molar-refractivity contribution in [3.63, 3.8) is 0 Å². The van der Waals surface area contributed by atoms with Crippen molar-refractivity contribution < 1.29 is 34.8 Å². The number of nitrogens with one attached hydrogen (secondary N) is 1. The molecule has 8 heteroatoms. The molecule has 0 spiro atoms. The molecule has 0 aromatic heterocycles. The van der Waals surface area contributed by atoms with Crippen LogP contribution in [0, 0.1) is 0 Å². The molecule has 5 N–H and O–H groups in total. The van der Waals surface area contributed by atoms with E-state index in [-0.39, 0.29) is 0 Å². The normalized spacial score (nSPS) is 39.4. The second kappa shape index (κ2) is 5.53. The summed E-state index contributed by atoms with van der Waals surface area (Å²) in [5.74, 6) is -0.668. The summed E-state index contributed by atoms with van der Waals surface area (Å²) in [5, 5.41) is 37.2. The van der Waals surface area contributed by atoms with E-state index in [1.807, 2.05) is 0 Å². The van der Waals surface area contributed by atoms with Crippen LogP contribution in [-0.4, -0.2) is 63.6 Å². The Balaban J connectivity index is 2.60. The Bertz CT molecular complexity index is 249. The van der Waals surface area contributed by atoms with Gasteiger partial charge in [0, 0.05) is 6.92 Å². The first kappa shape index (κ1) is 13.3. The van der Waals surface area contributed by atoms with E-state index in [1.165, 1.54) is 0 Å². The predicted octanol–water partition coefficient (Wildman–Crippen LogP) is -3.15. The lowest BCUT2D eigenvalue weighted by molar-refractivity contribution is -0.267. The van der Waals surface area contributed by atoms with Gasteiger partial charge in [0.2, 0.25) is 0 Å². The highest BCUT2D eigenvalue weighted by Crippen LogP contribution is 2.19. The molecule has 94 valence electrons. The summed E-state index contributed by atoms with van der Waals surface area (Å²) in [6, 6.07) is -1.18. The van der Waals surface area contributed by atoms with Gasteiger partial charge < -0.3 is 30.0 Å². The summed E-state index contributed by atoms with van der Waals surface area (Å²) in [5.41, 5.74) is 2.08. The zero-order valence-corrected chi connectivity index (χ0v) is 8.61. The van der Waals surface area contributed by atoms with Crippen LogP contribution in [0.15, 0.2) is 0 Å². The van der Waals surface area contributed by atoms with Crippen molar-refractivity contribution in [2.45, 2.75) is 37.6 Å². The molecule has 5 atom stereocenters. The highest BCUT2D eigenvalue weighted by atomic mass is 16.7. The van der Waals surface area contributed by atoms with Crippen molar-refractivity contribution in [1.82, 2.24) is 5.48 Å². The summed E-state index contributed by atoms with van der Waals surface area (Å²) in [7, 11) is 0. The third-order valence-electron chi connectivity index (χ3n) is 2.24. The largest absolute Gasteiger partial charge is 0.394 e. The van der Waals surface area contributed by atoms with E-state index in [9.17, 15) is 20.1 Å². The van der Waals surface area contributed by atoms with Crippen molar-refractivity contribution in [1.29, 1.82) is 0 Å². The predicted molar refractivity (Wildman–Crippen MR) is 48.7 cm³/mol. The van der Waals surface area contributed by atoms with Gasteiger partial charge in [-0.15, -0.1) is 5.48 Å². The fraction of sp³-hybridized carbons (Fsp3) is 0.875. The summed E-state index contributed by atoms with van der Waals surface area (Å²) in [4.78, 5) is 14.9. The summed E-state index contributed by atoms with van der Waals surface area (Å²) < 4.78 is 4.80. The SMILES string of the molecule is CC(=O)ON[C@H]1C(O)O[C@H](CO)[C@@H](O)[C@@H]1O. The Morgan fingerprint density at radius 3 is 2.50 bits per heavy atom. The van der Waals surface area contributed by atoms with E-state index < -0.39 is 43.2 Å². The molecule has 0 radical (unpaired) electrons. The quantitative estimate of drug-likeness (QED) is 0.326. The molecule has 0 aromatic rings. The Morgan fingerprint density at radius 2 is 2.00 bits per heavy atom. The van der Waals surface area contributed by atoms with Crippen molar-refractivity contribution in [2.75, 3.05) is 6.61 Å². The fourth-order valence-electron chi connectivity index (χ4n) is 1.38. The highest BCUT2D eigenvalue weighted by molar-refractivity contribution is 5.65. The molecule has 0 saturated carbocycles. The molecular weight excluding hydrogens is 222 g/mol. The number of hydrogen-bond acceptors (Lipinski definition) is 8. The van der Waals surface area contributed by atoms with Crippen LogP contribution in [0.25, 0.3) is 0 Å². The van der Waals surface area contributed by atoms with Crippen molar-refractivity contribution in [2.24, 2.45) is 0 Å².